The van der Waals surface area contributed by atoms with Crippen LogP contribution in [0, 0.1) is 17.1 Å². The molecule has 0 heterocycles. The molecule has 1 N–H and O–H groups in total. The first-order valence-electron chi connectivity index (χ1n) is 4.37. The molecule has 80 valence electrons. The third-order valence-electron chi connectivity index (χ3n) is 1.81. The summed E-state index contributed by atoms with van der Waals surface area (Å²) < 4.78 is 23.9. The molecule has 0 aliphatic rings. The molecule has 0 spiro atoms. The van der Waals surface area contributed by atoms with E-state index in [0.29, 0.717) is 18.0 Å². The van der Waals surface area contributed by atoms with Gasteiger partial charge in [0.2, 0.25) is 0 Å². The first kappa shape index (κ1) is 11.7. The summed E-state index contributed by atoms with van der Waals surface area (Å²) in [5.41, 5.74) is 0.622. The Labute approximate surface area is 90.4 Å². The monoisotopic (exact) mass is 226 g/mol. The summed E-state index contributed by atoms with van der Waals surface area (Å²) in [5.74, 6) is -0.0261. The Balaban J connectivity index is 2.60. The minimum atomic E-state index is -0.859. The second kappa shape index (κ2) is 5.47. The van der Waals surface area contributed by atoms with E-state index in [1.807, 2.05) is 0 Å². The van der Waals surface area contributed by atoms with Gasteiger partial charge < -0.3 is 5.32 Å². The van der Waals surface area contributed by atoms with E-state index in [4.69, 9.17) is 5.26 Å². The maximum atomic E-state index is 13.1. The lowest BCUT2D eigenvalue weighted by Crippen LogP contribution is -2.09. The largest absolute Gasteiger partial charge is 0.384 e. The topological polar surface area (TPSA) is 52.9 Å². The van der Waals surface area contributed by atoms with Crippen LogP contribution in [0.2, 0.25) is 0 Å². The molecule has 0 aliphatic carbocycles. The fraction of sp³-hybridized carbons (Fsp3) is 0.300. The molecule has 0 bridgehead atoms. The van der Waals surface area contributed by atoms with Crippen LogP contribution in [0.5, 0.6) is 0 Å². The van der Waals surface area contributed by atoms with Crippen molar-refractivity contribution in [3.63, 3.8) is 0 Å². The van der Waals surface area contributed by atoms with Crippen LogP contribution in [-0.2, 0) is 10.8 Å². The van der Waals surface area contributed by atoms with Crippen molar-refractivity contribution >= 4 is 16.5 Å². The SMILES string of the molecule is CS(=O)CCNc1ccc(C#N)c(F)c1. The second-order valence-electron chi connectivity index (χ2n) is 3.01. The van der Waals surface area contributed by atoms with Crippen LogP contribution in [-0.4, -0.2) is 22.8 Å². The maximum absolute atomic E-state index is 13.1. The number of nitriles is 1. The Hall–Kier alpha value is -1.41. The summed E-state index contributed by atoms with van der Waals surface area (Å²) >= 11 is 0. The van der Waals surface area contributed by atoms with E-state index >= 15 is 0 Å². The molecule has 0 saturated heterocycles. The first-order chi connectivity index (χ1) is 7.13. The Kier molecular flexibility index (Phi) is 4.25. The minimum Gasteiger partial charge on any atom is -0.384 e. The molecule has 0 radical (unpaired) electrons. The van der Waals surface area contributed by atoms with Crippen molar-refractivity contribution in [2.24, 2.45) is 0 Å². The Morgan fingerprint density at radius 2 is 2.33 bits per heavy atom. The highest BCUT2D eigenvalue weighted by Crippen LogP contribution is 2.13. The Morgan fingerprint density at radius 3 is 2.87 bits per heavy atom. The molecule has 15 heavy (non-hydrogen) atoms. The van der Waals surface area contributed by atoms with E-state index in [2.05, 4.69) is 5.32 Å². The third-order valence-corrected chi connectivity index (χ3v) is 2.59. The highest BCUT2D eigenvalue weighted by molar-refractivity contribution is 7.84. The van der Waals surface area contributed by atoms with E-state index in [0.717, 1.165) is 0 Å². The van der Waals surface area contributed by atoms with Gasteiger partial charge >= 0.3 is 0 Å². The van der Waals surface area contributed by atoms with Crippen molar-refractivity contribution in [3.05, 3.63) is 29.6 Å². The number of hydrogen-bond donors (Lipinski definition) is 1. The number of benzene rings is 1. The predicted molar refractivity (Wildman–Crippen MR) is 58.5 cm³/mol. The minimum absolute atomic E-state index is 0.0274. The second-order valence-corrected chi connectivity index (χ2v) is 4.57. The van der Waals surface area contributed by atoms with Crippen LogP contribution in [0.15, 0.2) is 18.2 Å². The highest BCUT2D eigenvalue weighted by Gasteiger charge is 2.01. The molecule has 0 aromatic heterocycles. The fourth-order valence-electron chi connectivity index (χ4n) is 1.05. The van der Waals surface area contributed by atoms with Gasteiger partial charge in [-0.15, -0.1) is 0 Å². The highest BCUT2D eigenvalue weighted by atomic mass is 32.2. The van der Waals surface area contributed by atoms with Crippen molar-refractivity contribution in [1.82, 2.24) is 0 Å². The summed E-state index contributed by atoms with van der Waals surface area (Å²) in [6.45, 7) is 0.522. The van der Waals surface area contributed by atoms with Crippen molar-refractivity contribution in [3.8, 4) is 6.07 Å². The number of halogens is 1. The normalized spacial score (nSPS) is 11.8. The fourth-order valence-corrected chi connectivity index (χ4v) is 1.44. The van der Waals surface area contributed by atoms with Gasteiger partial charge in [0.05, 0.1) is 5.56 Å². The average molecular weight is 226 g/mol. The third kappa shape index (κ3) is 3.68. The number of nitrogens with one attached hydrogen (secondary N) is 1. The van der Waals surface area contributed by atoms with Gasteiger partial charge in [-0.3, -0.25) is 4.21 Å². The number of hydrogen-bond acceptors (Lipinski definition) is 3. The van der Waals surface area contributed by atoms with Crippen LogP contribution in [0.25, 0.3) is 0 Å². The molecule has 1 unspecified atom stereocenters. The van der Waals surface area contributed by atoms with E-state index in [9.17, 15) is 8.60 Å². The molecular formula is C10H11FN2OS. The quantitative estimate of drug-likeness (QED) is 0.846. The summed E-state index contributed by atoms with van der Waals surface area (Å²) in [7, 11) is -0.859. The van der Waals surface area contributed by atoms with Crippen molar-refractivity contribution in [2.45, 2.75) is 0 Å². The van der Waals surface area contributed by atoms with Crippen molar-refractivity contribution in [2.75, 3.05) is 23.9 Å². The van der Waals surface area contributed by atoms with Crippen LogP contribution in [0.1, 0.15) is 5.56 Å². The van der Waals surface area contributed by atoms with Gasteiger partial charge in [0.1, 0.15) is 11.9 Å². The molecule has 1 atom stereocenters. The summed E-state index contributed by atoms with van der Waals surface area (Å²) in [6, 6.07) is 6.05. The zero-order chi connectivity index (χ0) is 11.3. The van der Waals surface area contributed by atoms with E-state index in [1.165, 1.54) is 12.1 Å². The molecule has 1 rings (SSSR count). The zero-order valence-electron chi connectivity index (χ0n) is 8.29. The summed E-state index contributed by atoms with van der Waals surface area (Å²) in [6.07, 6.45) is 1.61. The molecular weight excluding hydrogens is 215 g/mol. The maximum Gasteiger partial charge on any atom is 0.143 e. The van der Waals surface area contributed by atoms with E-state index in [-0.39, 0.29) is 5.56 Å². The lowest BCUT2D eigenvalue weighted by Gasteiger charge is -2.05. The lowest BCUT2D eigenvalue weighted by atomic mass is 10.2. The van der Waals surface area contributed by atoms with Gasteiger partial charge in [-0.05, 0) is 18.2 Å². The summed E-state index contributed by atoms with van der Waals surface area (Å²) in [4.78, 5) is 0. The van der Waals surface area contributed by atoms with Gasteiger partial charge in [-0.1, -0.05) is 0 Å². The smallest absolute Gasteiger partial charge is 0.143 e. The van der Waals surface area contributed by atoms with Crippen molar-refractivity contribution in [1.29, 1.82) is 5.26 Å². The molecule has 0 amide bonds. The molecule has 1 aromatic carbocycles. The Morgan fingerprint density at radius 1 is 1.60 bits per heavy atom. The lowest BCUT2D eigenvalue weighted by molar-refractivity contribution is 0.624. The van der Waals surface area contributed by atoms with Crippen LogP contribution in [0.3, 0.4) is 0 Å². The molecule has 1 aromatic rings. The van der Waals surface area contributed by atoms with Gasteiger partial charge in [-0.25, -0.2) is 4.39 Å². The molecule has 0 aliphatic heterocycles. The molecule has 3 nitrogen and oxygen atoms in total. The number of anilines is 1. The van der Waals surface area contributed by atoms with E-state index in [1.54, 1.807) is 18.4 Å². The summed E-state index contributed by atoms with van der Waals surface area (Å²) in [5, 5.41) is 11.4. The van der Waals surface area contributed by atoms with Crippen LogP contribution < -0.4 is 5.32 Å². The number of rotatable bonds is 4. The first-order valence-corrected chi connectivity index (χ1v) is 6.09. The van der Waals surface area contributed by atoms with Crippen LogP contribution >= 0.6 is 0 Å². The van der Waals surface area contributed by atoms with Crippen LogP contribution in [0.4, 0.5) is 10.1 Å². The number of nitrogens with zero attached hydrogens (tertiary/aromatic N) is 1. The zero-order valence-corrected chi connectivity index (χ0v) is 9.10. The molecule has 5 heteroatoms. The van der Waals surface area contributed by atoms with Gasteiger partial charge in [0.25, 0.3) is 0 Å². The molecule has 0 saturated carbocycles. The Bertz CT molecular complexity index is 414. The van der Waals surface area contributed by atoms with Gasteiger partial charge in [-0.2, -0.15) is 5.26 Å². The predicted octanol–water partition coefficient (Wildman–Crippen LogP) is 1.49. The molecule has 0 fully saturated rings. The average Bonchev–Trinajstić information content (AvgIpc) is 2.17. The van der Waals surface area contributed by atoms with Gasteiger partial charge in [0.15, 0.2) is 0 Å². The standard InChI is InChI=1S/C10H11FN2OS/c1-15(14)5-4-13-9-3-2-8(7-12)10(11)6-9/h2-3,6,13H,4-5H2,1H3. The van der Waals surface area contributed by atoms with Crippen molar-refractivity contribution < 1.29 is 8.60 Å². The van der Waals surface area contributed by atoms with E-state index < -0.39 is 16.6 Å². The van der Waals surface area contributed by atoms with Gasteiger partial charge in [0, 0.05) is 35.0 Å².